The van der Waals surface area contributed by atoms with Crippen LogP contribution in [0.15, 0.2) is 0 Å². The molecule has 12 heavy (non-hydrogen) atoms. The molecular formula is C9H19NO2. The largest absolute Gasteiger partial charge is 0.480 e. The monoisotopic (exact) mass is 173 g/mol. The summed E-state index contributed by atoms with van der Waals surface area (Å²) in [5.74, 6) is -0.453. The molecular weight excluding hydrogens is 154 g/mol. The number of carboxylic acids is 1. The van der Waals surface area contributed by atoms with E-state index in [9.17, 15) is 4.79 Å². The number of nitrogens with zero attached hydrogens (tertiary/aromatic N) is 1. The highest BCUT2D eigenvalue weighted by Crippen LogP contribution is 2.16. The summed E-state index contributed by atoms with van der Waals surface area (Å²) in [6.07, 6.45) is 1.84. The molecule has 0 spiro atoms. The van der Waals surface area contributed by atoms with Crippen LogP contribution in [-0.4, -0.2) is 36.1 Å². The van der Waals surface area contributed by atoms with Crippen LogP contribution >= 0.6 is 0 Å². The third kappa shape index (κ3) is 2.81. The Balaban J connectivity index is 4.36. The predicted molar refractivity (Wildman–Crippen MR) is 49.2 cm³/mol. The van der Waals surface area contributed by atoms with E-state index in [4.69, 9.17) is 5.11 Å². The van der Waals surface area contributed by atoms with Gasteiger partial charge in [0.05, 0.1) is 0 Å². The van der Waals surface area contributed by atoms with Crippen molar-refractivity contribution in [2.75, 3.05) is 14.1 Å². The zero-order valence-corrected chi connectivity index (χ0v) is 8.37. The number of aliphatic carboxylic acids is 1. The maximum Gasteiger partial charge on any atom is 0.321 e. The third-order valence-electron chi connectivity index (χ3n) is 2.30. The average Bonchev–Trinajstić information content (AvgIpc) is 1.98. The smallest absolute Gasteiger partial charge is 0.321 e. The number of hydrogen-bond acceptors (Lipinski definition) is 2. The van der Waals surface area contributed by atoms with Gasteiger partial charge in [-0.3, -0.25) is 9.69 Å². The van der Waals surface area contributed by atoms with E-state index in [0.717, 1.165) is 12.8 Å². The van der Waals surface area contributed by atoms with E-state index < -0.39 is 5.97 Å². The fraction of sp³-hybridized carbons (Fsp3) is 0.889. The summed E-state index contributed by atoms with van der Waals surface area (Å²) < 4.78 is 0. The summed E-state index contributed by atoms with van der Waals surface area (Å²) in [7, 11) is 3.63. The van der Waals surface area contributed by atoms with Crippen LogP contribution in [0, 0.1) is 5.92 Å². The van der Waals surface area contributed by atoms with Gasteiger partial charge in [-0.1, -0.05) is 26.7 Å². The Hall–Kier alpha value is -0.570. The number of hydrogen-bond donors (Lipinski definition) is 1. The van der Waals surface area contributed by atoms with Crippen molar-refractivity contribution in [2.45, 2.75) is 32.7 Å². The first-order chi connectivity index (χ1) is 5.54. The molecule has 72 valence electrons. The van der Waals surface area contributed by atoms with Gasteiger partial charge in [0.2, 0.25) is 0 Å². The van der Waals surface area contributed by atoms with Gasteiger partial charge in [0.1, 0.15) is 6.04 Å². The number of likely N-dealkylation sites (N-methyl/N-ethyl adjacent to an activating group) is 1. The summed E-state index contributed by atoms with van der Waals surface area (Å²) in [5.41, 5.74) is 0. The molecule has 0 aromatic heterocycles. The van der Waals surface area contributed by atoms with Gasteiger partial charge < -0.3 is 5.11 Å². The Bertz CT molecular complexity index is 141. The Morgan fingerprint density at radius 3 is 1.83 bits per heavy atom. The van der Waals surface area contributed by atoms with Gasteiger partial charge in [0.25, 0.3) is 0 Å². The number of carboxylic acid groups (broad SMARTS) is 1. The van der Waals surface area contributed by atoms with E-state index in [2.05, 4.69) is 0 Å². The Morgan fingerprint density at radius 1 is 1.33 bits per heavy atom. The highest BCUT2D eigenvalue weighted by Gasteiger charge is 2.27. The van der Waals surface area contributed by atoms with Gasteiger partial charge in [-0.05, 0) is 20.0 Å². The Morgan fingerprint density at radius 2 is 1.75 bits per heavy atom. The van der Waals surface area contributed by atoms with Gasteiger partial charge in [-0.15, -0.1) is 0 Å². The lowest BCUT2D eigenvalue weighted by Crippen LogP contribution is -2.41. The molecule has 0 aromatic rings. The van der Waals surface area contributed by atoms with Gasteiger partial charge in [0, 0.05) is 0 Å². The molecule has 0 amide bonds. The first kappa shape index (κ1) is 11.4. The SMILES string of the molecule is CCC(CC)C(C(=O)O)N(C)C. The van der Waals surface area contributed by atoms with Gasteiger partial charge in [-0.2, -0.15) is 0 Å². The molecule has 3 nitrogen and oxygen atoms in total. The second-order valence-electron chi connectivity index (χ2n) is 3.32. The molecule has 1 N–H and O–H groups in total. The third-order valence-corrected chi connectivity index (χ3v) is 2.30. The molecule has 0 aliphatic rings. The minimum atomic E-state index is -0.714. The zero-order valence-electron chi connectivity index (χ0n) is 8.37. The fourth-order valence-electron chi connectivity index (χ4n) is 1.58. The quantitative estimate of drug-likeness (QED) is 0.684. The van der Waals surface area contributed by atoms with Crippen LogP contribution in [0.4, 0.5) is 0 Å². The molecule has 0 aliphatic heterocycles. The van der Waals surface area contributed by atoms with Crippen molar-refractivity contribution in [3.63, 3.8) is 0 Å². The number of carbonyl (C=O) groups is 1. The second-order valence-corrected chi connectivity index (χ2v) is 3.32. The minimum absolute atomic E-state index is 0.262. The molecule has 0 aliphatic carbocycles. The normalized spacial score (nSPS) is 13.8. The topological polar surface area (TPSA) is 40.5 Å². The highest BCUT2D eigenvalue weighted by molar-refractivity contribution is 5.73. The molecule has 3 heteroatoms. The van der Waals surface area contributed by atoms with Gasteiger partial charge >= 0.3 is 5.97 Å². The predicted octanol–water partition coefficient (Wildman–Crippen LogP) is 1.44. The summed E-state index contributed by atoms with van der Waals surface area (Å²) in [6, 6.07) is -0.333. The molecule has 0 radical (unpaired) electrons. The van der Waals surface area contributed by atoms with E-state index in [1.165, 1.54) is 0 Å². The average molecular weight is 173 g/mol. The molecule has 0 fully saturated rings. The van der Waals surface area contributed by atoms with Crippen LogP contribution < -0.4 is 0 Å². The van der Waals surface area contributed by atoms with Gasteiger partial charge in [0.15, 0.2) is 0 Å². The fourth-order valence-corrected chi connectivity index (χ4v) is 1.58. The first-order valence-corrected chi connectivity index (χ1v) is 4.43. The highest BCUT2D eigenvalue weighted by atomic mass is 16.4. The van der Waals surface area contributed by atoms with Crippen molar-refractivity contribution in [1.29, 1.82) is 0 Å². The molecule has 0 heterocycles. The van der Waals surface area contributed by atoms with E-state index in [1.807, 2.05) is 27.9 Å². The van der Waals surface area contributed by atoms with E-state index >= 15 is 0 Å². The van der Waals surface area contributed by atoms with E-state index in [1.54, 1.807) is 4.90 Å². The van der Waals surface area contributed by atoms with Crippen LogP contribution in [0.2, 0.25) is 0 Å². The molecule has 1 atom stereocenters. The first-order valence-electron chi connectivity index (χ1n) is 4.43. The molecule has 0 aromatic carbocycles. The summed E-state index contributed by atoms with van der Waals surface area (Å²) in [5, 5.41) is 8.93. The number of rotatable bonds is 5. The maximum atomic E-state index is 10.9. The van der Waals surface area contributed by atoms with Crippen molar-refractivity contribution in [3.8, 4) is 0 Å². The van der Waals surface area contributed by atoms with Crippen molar-refractivity contribution in [3.05, 3.63) is 0 Å². The van der Waals surface area contributed by atoms with Crippen LogP contribution in [-0.2, 0) is 4.79 Å². The zero-order chi connectivity index (χ0) is 9.72. The Labute approximate surface area is 74.4 Å². The van der Waals surface area contributed by atoms with Crippen LogP contribution in [0.3, 0.4) is 0 Å². The lowest BCUT2D eigenvalue weighted by atomic mass is 9.93. The molecule has 0 bridgehead atoms. The summed E-state index contributed by atoms with van der Waals surface area (Å²) in [6.45, 7) is 4.07. The minimum Gasteiger partial charge on any atom is -0.480 e. The van der Waals surface area contributed by atoms with Crippen molar-refractivity contribution in [2.24, 2.45) is 5.92 Å². The lowest BCUT2D eigenvalue weighted by Gasteiger charge is -2.27. The lowest BCUT2D eigenvalue weighted by molar-refractivity contribution is -0.144. The van der Waals surface area contributed by atoms with E-state index in [0.29, 0.717) is 0 Å². The molecule has 0 rings (SSSR count). The summed E-state index contributed by atoms with van der Waals surface area (Å²) >= 11 is 0. The van der Waals surface area contributed by atoms with Crippen LogP contribution in [0.5, 0.6) is 0 Å². The van der Waals surface area contributed by atoms with Crippen molar-refractivity contribution in [1.82, 2.24) is 4.90 Å². The van der Waals surface area contributed by atoms with Gasteiger partial charge in [-0.25, -0.2) is 0 Å². The van der Waals surface area contributed by atoms with Crippen molar-refractivity contribution < 1.29 is 9.90 Å². The Kier molecular flexibility index (Phi) is 4.90. The second kappa shape index (κ2) is 5.14. The molecule has 1 unspecified atom stereocenters. The van der Waals surface area contributed by atoms with Crippen LogP contribution in [0.25, 0.3) is 0 Å². The van der Waals surface area contributed by atoms with E-state index in [-0.39, 0.29) is 12.0 Å². The summed E-state index contributed by atoms with van der Waals surface area (Å²) in [4.78, 5) is 12.6. The maximum absolute atomic E-state index is 10.9. The van der Waals surface area contributed by atoms with Crippen molar-refractivity contribution >= 4 is 5.97 Å². The van der Waals surface area contributed by atoms with Crippen LogP contribution in [0.1, 0.15) is 26.7 Å². The molecule has 0 saturated carbocycles. The molecule has 0 saturated heterocycles. The standard InChI is InChI=1S/C9H19NO2/c1-5-7(6-2)8(9(11)12)10(3)4/h7-8H,5-6H2,1-4H3,(H,11,12).